The Bertz CT molecular complexity index is 1040. The molecule has 25 heavy (non-hydrogen) atoms. The number of aryl methyl sites for hydroxylation is 2. The maximum Gasteiger partial charge on any atom is 0.177 e. The summed E-state index contributed by atoms with van der Waals surface area (Å²) in [5, 5.41) is 7.49. The van der Waals surface area contributed by atoms with Crippen LogP contribution in [0.2, 0.25) is 0 Å². The first-order chi connectivity index (χ1) is 12.0. The van der Waals surface area contributed by atoms with Crippen LogP contribution in [0.1, 0.15) is 31.1 Å². The van der Waals surface area contributed by atoms with Gasteiger partial charge < -0.3 is 14.4 Å². The summed E-state index contributed by atoms with van der Waals surface area (Å²) in [6.07, 6.45) is 1.80. The minimum atomic E-state index is 0.0335. The zero-order chi connectivity index (χ0) is 17.7. The van der Waals surface area contributed by atoms with Crippen LogP contribution in [0.15, 0.2) is 28.1 Å². The smallest absolute Gasteiger partial charge is 0.177 e. The molecule has 0 aliphatic carbocycles. The molecule has 0 unspecified atom stereocenters. The normalized spacial score (nSPS) is 14.4. The number of nitrogens with one attached hydrogen (secondary N) is 1. The molecule has 2 bridgehead atoms. The quantitative estimate of drug-likeness (QED) is 0.735. The monoisotopic (exact) mass is 337 g/mol. The number of carbonyl (C=O) groups excluding carboxylic acids is 1. The highest BCUT2D eigenvalue weighted by atomic mass is 16.5. The summed E-state index contributed by atoms with van der Waals surface area (Å²) in [6.45, 7) is 8.27. The average molecular weight is 337 g/mol. The van der Waals surface area contributed by atoms with Crippen LogP contribution < -0.4 is 5.32 Å². The lowest BCUT2D eigenvalue weighted by molar-refractivity contribution is -0.113. The van der Waals surface area contributed by atoms with E-state index in [9.17, 15) is 4.79 Å². The first-order valence-electron chi connectivity index (χ1n) is 8.18. The second kappa shape index (κ2) is 5.54. The highest BCUT2D eigenvalue weighted by Crippen LogP contribution is 2.30. The van der Waals surface area contributed by atoms with E-state index in [-0.39, 0.29) is 5.78 Å². The van der Waals surface area contributed by atoms with Gasteiger partial charge in [0.2, 0.25) is 0 Å². The summed E-state index contributed by atoms with van der Waals surface area (Å²) in [6, 6.07) is 2.05. The molecule has 0 radical (unpaired) electrons. The summed E-state index contributed by atoms with van der Waals surface area (Å²) in [5.74, 6) is 1.60. The summed E-state index contributed by atoms with van der Waals surface area (Å²) in [4.78, 5) is 21.2. The molecule has 4 heterocycles. The first-order valence-corrected chi connectivity index (χ1v) is 8.18. The highest BCUT2D eigenvalue weighted by molar-refractivity contribution is 5.94. The van der Waals surface area contributed by atoms with Gasteiger partial charge in [0, 0.05) is 23.0 Å². The fourth-order valence-electron chi connectivity index (χ4n) is 3.34. The predicted molar refractivity (Wildman–Crippen MR) is 92.7 cm³/mol. The van der Waals surface area contributed by atoms with Crippen LogP contribution in [-0.4, -0.2) is 25.5 Å². The Balaban J connectivity index is 2.04. The Hall–Kier alpha value is -2.96. The number of nitrogens with zero attached hydrogens (tertiary/aromatic N) is 4. The zero-order valence-corrected chi connectivity index (χ0v) is 14.7. The molecular weight excluding hydrogens is 318 g/mol. The number of allylic oxidation sites excluding steroid dienone is 2. The average Bonchev–Trinajstić information content (AvgIpc) is 3.08. The molecule has 0 amide bonds. The summed E-state index contributed by atoms with van der Waals surface area (Å²) >= 11 is 0. The Morgan fingerprint density at radius 3 is 2.88 bits per heavy atom. The van der Waals surface area contributed by atoms with Crippen LogP contribution in [0.3, 0.4) is 0 Å². The van der Waals surface area contributed by atoms with Gasteiger partial charge in [-0.1, -0.05) is 5.16 Å². The van der Waals surface area contributed by atoms with Gasteiger partial charge in [0.1, 0.15) is 17.3 Å². The van der Waals surface area contributed by atoms with Crippen LogP contribution in [0, 0.1) is 13.8 Å². The van der Waals surface area contributed by atoms with Gasteiger partial charge >= 0.3 is 0 Å². The molecule has 1 aliphatic heterocycles. The van der Waals surface area contributed by atoms with Gasteiger partial charge in [-0.3, -0.25) is 4.79 Å². The van der Waals surface area contributed by atoms with Gasteiger partial charge in [0.25, 0.3) is 0 Å². The van der Waals surface area contributed by atoms with Gasteiger partial charge in [0.15, 0.2) is 11.4 Å². The Morgan fingerprint density at radius 2 is 2.12 bits per heavy atom. The molecule has 4 rings (SSSR count). The van der Waals surface area contributed by atoms with Gasteiger partial charge in [-0.05, 0) is 33.8 Å². The van der Waals surface area contributed by atoms with Crippen molar-refractivity contribution in [3.8, 4) is 11.1 Å². The molecule has 7 heteroatoms. The largest absolute Gasteiger partial charge is 0.382 e. The zero-order valence-electron chi connectivity index (χ0n) is 14.7. The minimum Gasteiger partial charge on any atom is -0.382 e. The first kappa shape index (κ1) is 15.6. The molecule has 0 aromatic carbocycles. The standard InChI is InChI=1S/C18H19N5O2/c1-9-14(10(2)24)8-23-12(4)21-18-16(23)5-13(6-20-18)17-11(3)25-22-15(17)7-19-9/h5-6,19H,7-8H2,1-4H3. The van der Waals surface area contributed by atoms with Gasteiger partial charge in [-0.2, -0.15) is 0 Å². The highest BCUT2D eigenvalue weighted by Gasteiger charge is 2.21. The van der Waals surface area contributed by atoms with Gasteiger partial charge in [-0.25, -0.2) is 9.97 Å². The topological polar surface area (TPSA) is 85.8 Å². The van der Waals surface area contributed by atoms with Gasteiger partial charge in [0.05, 0.1) is 24.2 Å². The number of rotatable bonds is 1. The molecule has 7 nitrogen and oxygen atoms in total. The number of pyridine rings is 1. The number of hydrogen-bond donors (Lipinski definition) is 1. The molecule has 3 aromatic heterocycles. The van der Waals surface area contributed by atoms with E-state index in [0.717, 1.165) is 45.2 Å². The van der Waals surface area contributed by atoms with Crippen molar-refractivity contribution in [3.63, 3.8) is 0 Å². The predicted octanol–water partition coefficient (Wildman–Crippen LogP) is 2.67. The third kappa shape index (κ3) is 2.43. The van der Waals surface area contributed by atoms with E-state index in [1.54, 1.807) is 13.1 Å². The number of fused-ring (bicyclic) bond motifs is 3. The number of imidazole rings is 1. The molecule has 0 saturated carbocycles. The Kier molecular flexibility index (Phi) is 3.45. The van der Waals surface area contributed by atoms with Crippen LogP contribution >= 0.6 is 0 Å². The fourth-order valence-corrected chi connectivity index (χ4v) is 3.34. The van der Waals surface area contributed by atoms with Crippen molar-refractivity contribution in [1.82, 2.24) is 25.0 Å². The van der Waals surface area contributed by atoms with Crippen LogP contribution in [0.25, 0.3) is 22.3 Å². The van der Waals surface area contributed by atoms with E-state index in [1.165, 1.54) is 0 Å². The molecule has 0 saturated heterocycles. The maximum absolute atomic E-state index is 12.2. The third-order valence-corrected chi connectivity index (χ3v) is 4.73. The van der Waals surface area contributed by atoms with E-state index >= 15 is 0 Å². The molecular formula is C18H19N5O2. The SMILES string of the molecule is CC(=O)C1=C(C)NCc2noc(C)c2-c2cnc3nc(C)n(c3c2)C1. The summed E-state index contributed by atoms with van der Waals surface area (Å²) < 4.78 is 7.43. The Labute approximate surface area is 144 Å². The molecule has 3 aromatic rings. The van der Waals surface area contributed by atoms with E-state index in [1.807, 2.05) is 31.4 Å². The van der Waals surface area contributed by atoms with Crippen molar-refractivity contribution in [1.29, 1.82) is 0 Å². The molecule has 1 aliphatic rings. The molecule has 128 valence electrons. The number of aromatic nitrogens is 4. The second-order valence-electron chi connectivity index (χ2n) is 6.39. The number of ketones is 1. The lowest BCUT2D eigenvalue weighted by atomic mass is 10.1. The van der Waals surface area contributed by atoms with Crippen LogP contribution in [-0.2, 0) is 17.9 Å². The summed E-state index contributed by atoms with van der Waals surface area (Å²) in [7, 11) is 0. The van der Waals surface area contributed by atoms with Crippen LogP contribution in [0.5, 0.6) is 0 Å². The summed E-state index contributed by atoms with van der Waals surface area (Å²) in [5.41, 5.74) is 5.80. The van der Waals surface area contributed by atoms with Crippen LogP contribution in [0.4, 0.5) is 0 Å². The van der Waals surface area contributed by atoms with Crippen molar-refractivity contribution < 1.29 is 9.32 Å². The second-order valence-corrected chi connectivity index (χ2v) is 6.39. The number of hydrogen-bond acceptors (Lipinski definition) is 6. The fraction of sp³-hybridized carbons (Fsp3) is 0.333. The lowest BCUT2D eigenvalue weighted by Crippen LogP contribution is -2.19. The molecule has 0 fully saturated rings. The maximum atomic E-state index is 12.2. The number of Topliss-reactive ketones (excluding diaryl/α,β-unsaturated/α-hetero) is 1. The van der Waals surface area contributed by atoms with Crippen molar-refractivity contribution in [2.75, 3.05) is 0 Å². The van der Waals surface area contributed by atoms with E-state index in [4.69, 9.17) is 4.52 Å². The Morgan fingerprint density at radius 1 is 1.32 bits per heavy atom. The van der Waals surface area contributed by atoms with Crippen molar-refractivity contribution in [2.24, 2.45) is 0 Å². The molecule has 0 atom stereocenters. The van der Waals surface area contributed by atoms with E-state index < -0.39 is 0 Å². The van der Waals surface area contributed by atoms with Gasteiger partial charge in [-0.15, -0.1) is 0 Å². The number of carbonyl (C=O) groups is 1. The van der Waals surface area contributed by atoms with Crippen molar-refractivity contribution in [2.45, 2.75) is 40.8 Å². The third-order valence-electron chi connectivity index (χ3n) is 4.73. The lowest BCUT2D eigenvalue weighted by Gasteiger charge is -2.13. The van der Waals surface area contributed by atoms with E-state index in [0.29, 0.717) is 18.7 Å². The van der Waals surface area contributed by atoms with Crippen molar-refractivity contribution in [3.05, 3.63) is 40.8 Å². The van der Waals surface area contributed by atoms with E-state index in [2.05, 4.69) is 20.4 Å². The minimum absolute atomic E-state index is 0.0335. The molecule has 1 N–H and O–H groups in total. The van der Waals surface area contributed by atoms with Crippen molar-refractivity contribution >= 4 is 16.9 Å². The molecule has 0 spiro atoms.